The standard InChI is InChI=1S/C18H17N3O3S/c1-12-11-25-18(19-9-13-5-3-2-4-6-13)21(12)20-10-14-7-8-15(22)17(24)16(14)23/h2-8,10-11,22-24H,9H2,1H3/b19-18?,20-10+. The zero-order chi connectivity index (χ0) is 17.8. The van der Waals surface area contributed by atoms with Gasteiger partial charge in [0.25, 0.3) is 0 Å². The largest absolute Gasteiger partial charge is 0.504 e. The van der Waals surface area contributed by atoms with Gasteiger partial charge in [0.05, 0.1) is 18.5 Å². The summed E-state index contributed by atoms with van der Waals surface area (Å²) in [6.07, 6.45) is 1.41. The van der Waals surface area contributed by atoms with Gasteiger partial charge in [0.1, 0.15) is 0 Å². The Balaban J connectivity index is 1.91. The van der Waals surface area contributed by atoms with Crippen molar-refractivity contribution >= 4 is 17.6 Å². The van der Waals surface area contributed by atoms with E-state index in [0.717, 1.165) is 16.1 Å². The SMILES string of the molecule is Cc1csc(=NCc2ccccc2)n1/N=C/c1ccc(O)c(O)c1O. The number of phenols is 3. The molecule has 7 heteroatoms. The quantitative estimate of drug-likeness (QED) is 0.496. The Hall–Kier alpha value is -3.06. The van der Waals surface area contributed by atoms with Crippen molar-refractivity contribution in [2.45, 2.75) is 13.5 Å². The van der Waals surface area contributed by atoms with Crippen LogP contribution in [0.2, 0.25) is 0 Å². The van der Waals surface area contributed by atoms with E-state index in [2.05, 4.69) is 10.1 Å². The highest BCUT2D eigenvalue weighted by Gasteiger charge is 2.09. The van der Waals surface area contributed by atoms with Gasteiger partial charge in [0.15, 0.2) is 11.5 Å². The molecule has 128 valence electrons. The van der Waals surface area contributed by atoms with Crippen LogP contribution in [0.1, 0.15) is 16.8 Å². The number of aromatic nitrogens is 1. The lowest BCUT2D eigenvalue weighted by Crippen LogP contribution is -2.12. The Morgan fingerprint density at radius 2 is 1.80 bits per heavy atom. The highest BCUT2D eigenvalue weighted by molar-refractivity contribution is 7.07. The number of rotatable bonds is 4. The molecule has 0 fully saturated rings. The molecular formula is C18H17N3O3S. The molecule has 25 heavy (non-hydrogen) atoms. The van der Waals surface area contributed by atoms with Crippen LogP contribution in [0, 0.1) is 6.92 Å². The summed E-state index contributed by atoms with van der Waals surface area (Å²) >= 11 is 1.47. The summed E-state index contributed by atoms with van der Waals surface area (Å²) in [6, 6.07) is 12.7. The van der Waals surface area contributed by atoms with Crippen LogP contribution >= 0.6 is 11.3 Å². The van der Waals surface area contributed by atoms with Crippen molar-refractivity contribution in [3.05, 3.63) is 69.5 Å². The maximum Gasteiger partial charge on any atom is 0.206 e. The van der Waals surface area contributed by atoms with Gasteiger partial charge in [-0.2, -0.15) is 5.10 Å². The van der Waals surface area contributed by atoms with E-state index >= 15 is 0 Å². The molecule has 0 aliphatic carbocycles. The number of aryl methyl sites for hydroxylation is 1. The Morgan fingerprint density at radius 1 is 1.04 bits per heavy atom. The molecular weight excluding hydrogens is 338 g/mol. The van der Waals surface area contributed by atoms with Crippen molar-refractivity contribution in [3.8, 4) is 17.2 Å². The van der Waals surface area contributed by atoms with E-state index in [1.807, 2.05) is 42.6 Å². The topological polar surface area (TPSA) is 90.3 Å². The van der Waals surface area contributed by atoms with Crippen LogP contribution in [0.5, 0.6) is 17.2 Å². The van der Waals surface area contributed by atoms with Gasteiger partial charge in [-0.25, -0.2) is 4.68 Å². The van der Waals surface area contributed by atoms with E-state index in [-0.39, 0.29) is 5.75 Å². The van der Waals surface area contributed by atoms with Crippen LogP contribution < -0.4 is 4.80 Å². The van der Waals surface area contributed by atoms with Gasteiger partial charge in [-0.1, -0.05) is 30.3 Å². The second-order valence-electron chi connectivity index (χ2n) is 5.39. The number of thiazole rings is 1. The van der Waals surface area contributed by atoms with Crippen molar-refractivity contribution in [2.75, 3.05) is 0 Å². The maximum absolute atomic E-state index is 9.87. The molecule has 3 N–H and O–H groups in total. The zero-order valence-corrected chi connectivity index (χ0v) is 14.3. The average molecular weight is 355 g/mol. The van der Waals surface area contributed by atoms with Crippen molar-refractivity contribution in [2.24, 2.45) is 10.1 Å². The third-order valence-corrected chi connectivity index (χ3v) is 4.54. The molecule has 2 aromatic carbocycles. The maximum atomic E-state index is 9.87. The van der Waals surface area contributed by atoms with Gasteiger partial charge in [-0.3, -0.25) is 4.99 Å². The Labute approximate surface area is 148 Å². The van der Waals surface area contributed by atoms with E-state index in [4.69, 9.17) is 0 Å². The molecule has 1 aromatic heterocycles. The zero-order valence-electron chi connectivity index (χ0n) is 13.5. The first-order valence-corrected chi connectivity index (χ1v) is 8.44. The molecule has 0 saturated carbocycles. The molecule has 1 heterocycles. The van der Waals surface area contributed by atoms with Crippen molar-refractivity contribution < 1.29 is 15.3 Å². The number of hydrogen-bond donors (Lipinski definition) is 3. The van der Waals surface area contributed by atoms with Gasteiger partial charge in [0, 0.05) is 10.9 Å². The number of nitrogens with zero attached hydrogens (tertiary/aromatic N) is 3. The molecule has 6 nitrogen and oxygen atoms in total. The van der Waals surface area contributed by atoms with E-state index in [1.54, 1.807) is 4.68 Å². The third kappa shape index (κ3) is 3.72. The Kier molecular flexibility index (Phi) is 4.85. The van der Waals surface area contributed by atoms with E-state index in [0.29, 0.717) is 12.1 Å². The van der Waals surface area contributed by atoms with Crippen LogP contribution in [0.15, 0.2) is 57.9 Å². The molecule has 0 amide bonds. The first kappa shape index (κ1) is 16.8. The van der Waals surface area contributed by atoms with Crippen LogP contribution in [0.25, 0.3) is 0 Å². The van der Waals surface area contributed by atoms with E-state index < -0.39 is 11.5 Å². The minimum atomic E-state index is -0.565. The Bertz CT molecular complexity index is 975. The fourth-order valence-electron chi connectivity index (χ4n) is 2.18. The van der Waals surface area contributed by atoms with Gasteiger partial charge < -0.3 is 15.3 Å². The molecule has 0 aliphatic rings. The second kappa shape index (κ2) is 7.23. The van der Waals surface area contributed by atoms with Crippen molar-refractivity contribution in [3.63, 3.8) is 0 Å². The molecule has 0 bridgehead atoms. The molecule has 0 unspecified atom stereocenters. The molecule has 3 rings (SSSR count). The molecule has 0 saturated heterocycles. The van der Waals surface area contributed by atoms with Gasteiger partial charge in [-0.05, 0) is 24.6 Å². The molecule has 0 spiro atoms. The molecule has 3 aromatic rings. The Morgan fingerprint density at radius 3 is 2.56 bits per heavy atom. The highest BCUT2D eigenvalue weighted by Crippen LogP contribution is 2.36. The van der Waals surface area contributed by atoms with Crippen LogP contribution in [-0.4, -0.2) is 26.2 Å². The summed E-state index contributed by atoms with van der Waals surface area (Å²) in [5.74, 6) is -1.36. The van der Waals surface area contributed by atoms with Crippen molar-refractivity contribution in [1.29, 1.82) is 0 Å². The lowest BCUT2D eigenvalue weighted by Gasteiger charge is -2.04. The number of phenolic OH excluding ortho intramolecular Hbond substituents is 3. The summed E-state index contributed by atoms with van der Waals surface area (Å²) in [7, 11) is 0. The number of aromatic hydroxyl groups is 3. The smallest absolute Gasteiger partial charge is 0.206 e. The third-order valence-electron chi connectivity index (χ3n) is 3.56. The van der Waals surface area contributed by atoms with Crippen LogP contribution in [0.3, 0.4) is 0 Å². The second-order valence-corrected chi connectivity index (χ2v) is 6.23. The van der Waals surface area contributed by atoms with E-state index in [1.165, 1.54) is 29.7 Å². The van der Waals surface area contributed by atoms with Crippen LogP contribution in [-0.2, 0) is 6.54 Å². The van der Waals surface area contributed by atoms with Gasteiger partial charge >= 0.3 is 0 Å². The minimum absolute atomic E-state index is 0.294. The summed E-state index contributed by atoms with van der Waals surface area (Å²) in [6.45, 7) is 2.45. The first-order valence-electron chi connectivity index (χ1n) is 7.56. The monoisotopic (exact) mass is 355 g/mol. The van der Waals surface area contributed by atoms with Gasteiger partial charge in [-0.15, -0.1) is 11.3 Å². The average Bonchev–Trinajstić information content (AvgIpc) is 2.98. The fourth-order valence-corrected chi connectivity index (χ4v) is 2.99. The van der Waals surface area contributed by atoms with Crippen LogP contribution in [0.4, 0.5) is 0 Å². The fraction of sp³-hybridized carbons (Fsp3) is 0.111. The molecule has 0 radical (unpaired) electrons. The predicted octanol–water partition coefficient (Wildman–Crippen LogP) is 2.96. The summed E-state index contributed by atoms with van der Waals surface area (Å²) in [5, 5.41) is 35.1. The molecule has 0 atom stereocenters. The lowest BCUT2D eigenvalue weighted by molar-refractivity contribution is 0.367. The normalized spacial score (nSPS) is 12.1. The minimum Gasteiger partial charge on any atom is -0.504 e. The number of hydrogen-bond acceptors (Lipinski definition) is 6. The predicted molar refractivity (Wildman–Crippen MR) is 97.2 cm³/mol. The summed E-state index contributed by atoms with van der Waals surface area (Å²) in [4.78, 5) is 5.30. The molecule has 0 aliphatic heterocycles. The number of benzene rings is 2. The summed E-state index contributed by atoms with van der Waals surface area (Å²) in [5.41, 5.74) is 2.29. The lowest BCUT2D eigenvalue weighted by atomic mass is 10.2. The van der Waals surface area contributed by atoms with Gasteiger partial charge in [0.2, 0.25) is 10.6 Å². The summed E-state index contributed by atoms with van der Waals surface area (Å²) < 4.78 is 1.66. The van der Waals surface area contributed by atoms with Crippen molar-refractivity contribution in [1.82, 2.24) is 4.68 Å². The highest BCUT2D eigenvalue weighted by atomic mass is 32.1. The first-order chi connectivity index (χ1) is 12.1. The van der Waals surface area contributed by atoms with E-state index in [9.17, 15) is 15.3 Å².